The lowest BCUT2D eigenvalue weighted by molar-refractivity contribution is -0.126. The van der Waals surface area contributed by atoms with Crippen LogP contribution in [0.1, 0.15) is 30.4 Å². The quantitative estimate of drug-likeness (QED) is 0.708. The summed E-state index contributed by atoms with van der Waals surface area (Å²) in [5, 5.41) is 3.11. The maximum Gasteiger partial charge on any atom is 0.223 e. The first-order valence-corrected chi connectivity index (χ1v) is 9.70. The standard InChI is InChI=1S/C22H26N4O/c23-12-18-7-4-8-19(18)22(27)24-13-16-5-3-6-17(11-16)14-26-15-25-20-9-1-2-10-21(20)26/h1-3,5-6,9-11,15,18-19H,4,7-8,12-14,23H2,(H,24,27)/t18-,19-/m1/s1. The fraction of sp³-hybridized carbons (Fsp3) is 0.364. The summed E-state index contributed by atoms with van der Waals surface area (Å²) in [6.45, 7) is 1.93. The van der Waals surface area contributed by atoms with E-state index in [1.54, 1.807) is 0 Å². The van der Waals surface area contributed by atoms with E-state index >= 15 is 0 Å². The molecular formula is C22H26N4O. The van der Waals surface area contributed by atoms with Gasteiger partial charge in [0.1, 0.15) is 0 Å². The smallest absolute Gasteiger partial charge is 0.223 e. The van der Waals surface area contributed by atoms with Crippen LogP contribution in [0.3, 0.4) is 0 Å². The normalized spacial score (nSPS) is 19.4. The molecule has 1 aromatic heterocycles. The number of rotatable bonds is 6. The molecule has 5 nitrogen and oxygen atoms in total. The van der Waals surface area contributed by atoms with Crippen LogP contribution in [0.4, 0.5) is 0 Å². The number of fused-ring (bicyclic) bond motifs is 1. The van der Waals surface area contributed by atoms with Gasteiger partial charge in [-0.15, -0.1) is 0 Å². The predicted molar refractivity (Wildman–Crippen MR) is 107 cm³/mol. The Morgan fingerprint density at radius 1 is 1.15 bits per heavy atom. The van der Waals surface area contributed by atoms with Crippen molar-refractivity contribution in [1.82, 2.24) is 14.9 Å². The van der Waals surface area contributed by atoms with Crippen LogP contribution in [0.15, 0.2) is 54.9 Å². The minimum absolute atomic E-state index is 0.0792. The molecule has 1 saturated carbocycles. The molecule has 1 aliphatic rings. The number of nitrogens with zero attached hydrogens (tertiary/aromatic N) is 2. The minimum atomic E-state index is 0.0792. The van der Waals surface area contributed by atoms with Crippen LogP contribution >= 0.6 is 0 Å². The first-order chi connectivity index (χ1) is 13.2. The Hall–Kier alpha value is -2.66. The Kier molecular flexibility index (Phi) is 5.21. The van der Waals surface area contributed by atoms with Gasteiger partial charge in [-0.3, -0.25) is 4.79 Å². The van der Waals surface area contributed by atoms with Crippen LogP contribution in [0.5, 0.6) is 0 Å². The van der Waals surface area contributed by atoms with Gasteiger partial charge in [0.15, 0.2) is 0 Å². The molecule has 140 valence electrons. The van der Waals surface area contributed by atoms with Gasteiger partial charge < -0.3 is 15.6 Å². The van der Waals surface area contributed by atoms with E-state index in [1.807, 2.05) is 30.6 Å². The highest BCUT2D eigenvalue weighted by Crippen LogP contribution is 2.31. The van der Waals surface area contributed by atoms with Gasteiger partial charge in [0, 0.05) is 19.0 Å². The second kappa shape index (κ2) is 7.92. The number of aromatic nitrogens is 2. The number of benzene rings is 2. The zero-order valence-corrected chi connectivity index (χ0v) is 15.5. The molecule has 3 N–H and O–H groups in total. The number of carbonyl (C=O) groups excluding carboxylic acids is 1. The third-order valence-corrected chi connectivity index (χ3v) is 5.64. The zero-order valence-electron chi connectivity index (χ0n) is 15.5. The first-order valence-electron chi connectivity index (χ1n) is 9.70. The molecular weight excluding hydrogens is 336 g/mol. The van der Waals surface area contributed by atoms with Gasteiger partial charge in [0.25, 0.3) is 0 Å². The average molecular weight is 362 g/mol. The van der Waals surface area contributed by atoms with Gasteiger partial charge in [-0.05, 0) is 48.6 Å². The van der Waals surface area contributed by atoms with E-state index in [0.717, 1.165) is 42.4 Å². The average Bonchev–Trinajstić information content (AvgIpc) is 3.34. The lowest BCUT2D eigenvalue weighted by Gasteiger charge is -2.17. The SMILES string of the molecule is NC[C@H]1CCC[C@H]1C(=O)NCc1cccc(Cn2cnc3ccccc32)c1. The van der Waals surface area contributed by atoms with Gasteiger partial charge in [-0.2, -0.15) is 0 Å². The Morgan fingerprint density at radius 3 is 2.89 bits per heavy atom. The molecule has 4 rings (SSSR count). The summed E-state index contributed by atoms with van der Waals surface area (Å²) in [6, 6.07) is 16.5. The molecule has 2 aromatic carbocycles. The number of para-hydroxylation sites is 2. The van der Waals surface area contributed by atoms with Crippen molar-refractivity contribution in [3.05, 3.63) is 66.0 Å². The largest absolute Gasteiger partial charge is 0.352 e. The van der Waals surface area contributed by atoms with E-state index in [1.165, 1.54) is 5.56 Å². The van der Waals surface area contributed by atoms with Crippen molar-refractivity contribution < 1.29 is 4.79 Å². The molecule has 0 aliphatic heterocycles. The van der Waals surface area contributed by atoms with E-state index in [2.05, 4.69) is 39.1 Å². The number of imidazole rings is 1. The molecule has 0 spiro atoms. The van der Waals surface area contributed by atoms with Crippen LogP contribution < -0.4 is 11.1 Å². The Morgan fingerprint density at radius 2 is 2.00 bits per heavy atom. The molecule has 1 aliphatic carbocycles. The molecule has 27 heavy (non-hydrogen) atoms. The summed E-state index contributed by atoms with van der Waals surface area (Å²) in [5.41, 5.74) is 10.3. The van der Waals surface area contributed by atoms with Crippen LogP contribution in [0.25, 0.3) is 11.0 Å². The molecule has 5 heteroatoms. The molecule has 1 heterocycles. The summed E-state index contributed by atoms with van der Waals surface area (Å²) >= 11 is 0. The highest BCUT2D eigenvalue weighted by molar-refractivity contribution is 5.79. The predicted octanol–water partition coefficient (Wildman–Crippen LogP) is 3.08. The molecule has 0 radical (unpaired) electrons. The Labute approximate surface area is 159 Å². The zero-order chi connectivity index (χ0) is 18.6. The maximum atomic E-state index is 12.5. The molecule has 2 atom stereocenters. The van der Waals surface area contributed by atoms with Gasteiger partial charge in [0.2, 0.25) is 5.91 Å². The molecule has 1 fully saturated rings. The van der Waals surface area contributed by atoms with Crippen molar-refractivity contribution >= 4 is 16.9 Å². The monoisotopic (exact) mass is 362 g/mol. The van der Waals surface area contributed by atoms with Crippen molar-refractivity contribution in [2.45, 2.75) is 32.4 Å². The Bertz CT molecular complexity index is 933. The minimum Gasteiger partial charge on any atom is -0.352 e. The van der Waals surface area contributed by atoms with Crippen molar-refractivity contribution in [2.75, 3.05) is 6.54 Å². The second-order valence-electron chi connectivity index (χ2n) is 7.43. The van der Waals surface area contributed by atoms with Gasteiger partial charge >= 0.3 is 0 Å². The van der Waals surface area contributed by atoms with E-state index in [0.29, 0.717) is 19.0 Å². The second-order valence-corrected chi connectivity index (χ2v) is 7.43. The fourth-order valence-electron chi connectivity index (χ4n) is 4.16. The molecule has 1 amide bonds. The number of hydrogen-bond acceptors (Lipinski definition) is 3. The number of nitrogens with two attached hydrogens (primary N) is 1. The molecule has 0 saturated heterocycles. The van der Waals surface area contributed by atoms with E-state index in [9.17, 15) is 4.79 Å². The number of hydrogen-bond donors (Lipinski definition) is 2. The highest BCUT2D eigenvalue weighted by atomic mass is 16.1. The number of carbonyl (C=O) groups is 1. The van der Waals surface area contributed by atoms with E-state index < -0.39 is 0 Å². The van der Waals surface area contributed by atoms with Crippen molar-refractivity contribution in [2.24, 2.45) is 17.6 Å². The van der Waals surface area contributed by atoms with E-state index in [4.69, 9.17) is 5.73 Å². The van der Waals surface area contributed by atoms with Crippen molar-refractivity contribution in [3.63, 3.8) is 0 Å². The lowest BCUT2D eigenvalue weighted by atomic mass is 9.95. The summed E-state index contributed by atoms with van der Waals surface area (Å²) in [4.78, 5) is 16.9. The van der Waals surface area contributed by atoms with Crippen LogP contribution in [0, 0.1) is 11.8 Å². The lowest BCUT2D eigenvalue weighted by Crippen LogP contribution is -2.34. The topological polar surface area (TPSA) is 72.9 Å². The van der Waals surface area contributed by atoms with Gasteiger partial charge in [-0.25, -0.2) is 4.98 Å². The van der Waals surface area contributed by atoms with Gasteiger partial charge in [0.05, 0.1) is 17.4 Å². The number of amides is 1. The number of nitrogens with one attached hydrogen (secondary N) is 1. The molecule has 0 unspecified atom stereocenters. The molecule has 0 bridgehead atoms. The van der Waals surface area contributed by atoms with Crippen molar-refractivity contribution in [1.29, 1.82) is 0 Å². The van der Waals surface area contributed by atoms with Crippen LogP contribution in [-0.2, 0) is 17.9 Å². The van der Waals surface area contributed by atoms with Crippen molar-refractivity contribution in [3.8, 4) is 0 Å². The summed E-state index contributed by atoms with van der Waals surface area (Å²) in [5.74, 6) is 0.565. The Balaban J connectivity index is 1.41. The maximum absolute atomic E-state index is 12.5. The fourth-order valence-corrected chi connectivity index (χ4v) is 4.16. The van der Waals surface area contributed by atoms with Crippen LogP contribution in [-0.4, -0.2) is 22.0 Å². The summed E-state index contributed by atoms with van der Waals surface area (Å²) in [6.07, 6.45) is 5.02. The summed E-state index contributed by atoms with van der Waals surface area (Å²) < 4.78 is 2.15. The van der Waals surface area contributed by atoms with Crippen LogP contribution in [0.2, 0.25) is 0 Å². The first kappa shape index (κ1) is 17.7. The molecule has 3 aromatic rings. The summed E-state index contributed by atoms with van der Waals surface area (Å²) in [7, 11) is 0. The third-order valence-electron chi connectivity index (χ3n) is 5.64. The van der Waals surface area contributed by atoms with E-state index in [-0.39, 0.29) is 11.8 Å². The van der Waals surface area contributed by atoms with Gasteiger partial charge in [-0.1, -0.05) is 42.8 Å². The third kappa shape index (κ3) is 3.88. The highest BCUT2D eigenvalue weighted by Gasteiger charge is 2.31.